The molecule has 0 bridgehead atoms. The van der Waals surface area contributed by atoms with Crippen LogP contribution in [0.15, 0.2) is 30.6 Å². The number of benzene rings is 1. The van der Waals surface area contributed by atoms with Crippen LogP contribution in [-0.4, -0.2) is 74.6 Å². The maximum atomic E-state index is 5.92. The summed E-state index contributed by atoms with van der Waals surface area (Å²) >= 11 is 0. The van der Waals surface area contributed by atoms with Gasteiger partial charge in [-0.25, -0.2) is 9.67 Å². The Labute approximate surface area is 151 Å². The highest BCUT2D eigenvalue weighted by Crippen LogP contribution is 2.20. The highest BCUT2D eigenvalue weighted by molar-refractivity contribution is 5.74. The van der Waals surface area contributed by atoms with Crippen molar-refractivity contribution in [3.8, 4) is 0 Å². The predicted molar refractivity (Wildman–Crippen MR) is 94.6 cm³/mol. The molecule has 1 saturated heterocycles. The molecule has 9 heteroatoms. The molecule has 1 aromatic carbocycles. The van der Waals surface area contributed by atoms with E-state index in [0.717, 1.165) is 37.5 Å². The largest absolute Gasteiger partial charge is 0.383 e. The lowest BCUT2D eigenvalue weighted by atomic mass is 10.2. The molecule has 3 aromatic rings. The average Bonchev–Trinajstić information content (AvgIpc) is 3.32. The van der Waals surface area contributed by atoms with E-state index in [1.807, 2.05) is 24.5 Å². The van der Waals surface area contributed by atoms with E-state index in [1.54, 1.807) is 11.8 Å². The molecule has 0 aliphatic carbocycles. The minimum atomic E-state index is -0.116. The van der Waals surface area contributed by atoms with E-state index in [2.05, 4.69) is 36.0 Å². The minimum Gasteiger partial charge on any atom is -0.383 e. The molecular weight excluding hydrogens is 334 g/mol. The smallest absolute Gasteiger partial charge is 0.181 e. The first-order chi connectivity index (χ1) is 12.8. The van der Waals surface area contributed by atoms with E-state index < -0.39 is 0 Å². The van der Waals surface area contributed by atoms with Crippen molar-refractivity contribution in [2.75, 3.05) is 40.0 Å². The van der Waals surface area contributed by atoms with Crippen molar-refractivity contribution in [3.05, 3.63) is 36.4 Å². The average molecular weight is 357 g/mol. The monoisotopic (exact) mass is 357 g/mol. The summed E-state index contributed by atoms with van der Waals surface area (Å²) in [4.78, 5) is 6.84. The Hall–Kier alpha value is -2.36. The van der Waals surface area contributed by atoms with Crippen molar-refractivity contribution < 1.29 is 9.47 Å². The van der Waals surface area contributed by atoms with Crippen molar-refractivity contribution in [1.29, 1.82) is 0 Å². The van der Waals surface area contributed by atoms with Gasteiger partial charge in [0, 0.05) is 33.3 Å². The van der Waals surface area contributed by atoms with Crippen LogP contribution >= 0.6 is 0 Å². The molecule has 0 amide bonds. The molecule has 1 aliphatic rings. The molecule has 3 heterocycles. The number of nitrogens with zero attached hydrogens (tertiary/aromatic N) is 7. The van der Waals surface area contributed by atoms with Gasteiger partial charge in [0.1, 0.15) is 6.10 Å². The molecule has 4 rings (SSSR count). The molecule has 0 saturated carbocycles. The SMILES string of the molecule is COCCn1nnnc1C1CN(CCn2cnc3ccccc32)CCO1. The zero-order chi connectivity index (χ0) is 17.8. The zero-order valence-corrected chi connectivity index (χ0v) is 14.9. The van der Waals surface area contributed by atoms with Gasteiger partial charge in [0.05, 0.1) is 37.1 Å². The van der Waals surface area contributed by atoms with Gasteiger partial charge in [-0.1, -0.05) is 12.1 Å². The number of morpholine rings is 1. The van der Waals surface area contributed by atoms with Gasteiger partial charge in [0.25, 0.3) is 0 Å². The molecule has 1 aliphatic heterocycles. The summed E-state index contributed by atoms with van der Waals surface area (Å²) in [6.07, 6.45) is 1.79. The van der Waals surface area contributed by atoms with Crippen LogP contribution in [0.25, 0.3) is 11.0 Å². The lowest BCUT2D eigenvalue weighted by molar-refractivity contribution is -0.0375. The summed E-state index contributed by atoms with van der Waals surface area (Å²) < 4.78 is 15.0. The first-order valence-electron chi connectivity index (χ1n) is 8.84. The summed E-state index contributed by atoms with van der Waals surface area (Å²) in [5.74, 6) is 0.764. The number of fused-ring (bicyclic) bond motifs is 1. The molecule has 1 fully saturated rings. The number of hydrogen-bond donors (Lipinski definition) is 0. The van der Waals surface area contributed by atoms with Gasteiger partial charge in [-0.15, -0.1) is 5.10 Å². The van der Waals surface area contributed by atoms with E-state index in [-0.39, 0.29) is 6.10 Å². The van der Waals surface area contributed by atoms with Crippen LogP contribution in [0.1, 0.15) is 11.9 Å². The third-order valence-electron chi connectivity index (χ3n) is 4.69. The zero-order valence-electron chi connectivity index (χ0n) is 14.9. The van der Waals surface area contributed by atoms with Crippen LogP contribution in [0, 0.1) is 0 Å². The summed E-state index contributed by atoms with van der Waals surface area (Å²) in [5.41, 5.74) is 2.20. The quantitative estimate of drug-likeness (QED) is 0.617. The Morgan fingerprint density at radius 1 is 1.23 bits per heavy atom. The number of rotatable bonds is 7. The van der Waals surface area contributed by atoms with E-state index in [1.165, 1.54) is 5.52 Å². The number of hydrogen-bond acceptors (Lipinski definition) is 7. The first kappa shape index (κ1) is 17.1. The van der Waals surface area contributed by atoms with Crippen LogP contribution in [0.4, 0.5) is 0 Å². The second-order valence-corrected chi connectivity index (χ2v) is 6.34. The summed E-state index contributed by atoms with van der Waals surface area (Å²) in [7, 11) is 1.67. The third kappa shape index (κ3) is 3.59. The molecule has 0 N–H and O–H groups in total. The van der Waals surface area contributed by atoms with Crippen LogP contribution in [0.3, 0.4) is 0 Å². The number of aromatic nitrogens is 6. The van der Waals surface area contributed by atoms with Crippen LogP contribution in [0.5, 0.6) is 0 Å². The minimum absolute atomic E-state index is 0.116. The standard InChI is InChI=1S/C17H23N7O2/c1-25-10-9-24-17(19-20-21-24)16-12-22(8-11-26-16)6-7-23-13-18-14-4-2-3-5-15(14)23/h2-5,13,16H,6-12H2,1H3. The van der Waals surface area contributed by atoms with Crippen molar-refractivity contribution in [3.63, 3.8) is 0 Å². The molecule has 9 nitrogen and oxygen atoms in total. The van der Waals surface area contributed by atoms with E-state index >= 15 is 0 Å². The number of methoxy groups -OCH3 is 1. The van der Waals surface area contributed by atoms with Gasteiger partial charge < -0.3 is 14.0 Å². The molecule has 138 valence electrons. The Bertz CT molecular complexity index is 846. The molecule has 0 radical (unpaired) electrons. The van der Waals surface area contributed by atoms with Crippen molar-refractivity contribution in [2.45, 2.75) is 19.2 Å². The Kier molecular flexibility index (Phi) is 5.19. The number of para-hydroxylation sites is 2. The number of ether oxygens (including phenoxy) is 2. The Morgan fingerprint density at radius 3 is 3.08 bits per heavy atom. The molecule has 1 atom stereocenters. The first-order valence-corrected chi connectivity index (χ1v) is 8.84. The fourth-order valence-corrected chi connectivity index (χ4v) is 3.28. The van der Waals surface area contributed by atoms with Gasteiger partial charge in [0.15, 0.2) is 5.82 Å². The highest BCUT2D eigenvalue weighted by atomic mass is 16.5. The lowest BCUT2D eigenvalue weighted by Gasteiger charge is -2.32. The van der Waals surface area contributed by atoms with Crippen molar-refractivity contribution in [2.24, 2.45) is 0 Å². The van der Waals surface area contributed by atoms with Crippen molar-refractivity contribution in [1.82, 2.24) is 34.7 Å². The molecular formula is C17H23N7O2. The van der Waals surface area contributed by atoms with Gasteiger partial charge in [0.2, 0.25) is 0 Å². The summed E-state index contributed by atoms with van der Waals surface area (Å²) in [6.45, 7) is 5.37. The topological polar surface area (TPSA) is 83.1 Å². The fraction of sp³-hybridized carbons (Fsp3) is 0.529. The fourth-order valence-electron chi connectivity index (χ4n) is 3.28. The Morgan fingerprint density at radius 2 is 2.15 bits per heavy atom. The predicted octanol–water partition coefficient (Wildman–Crippen LogP) is 0.743. The second kappa shape index (κ2) is 7.90. The Balaban J connectivity index is 1.39. The second-order valence-electron chi connectivity index (χ2n) is 6.34. The molecule has 0 spiro atoms. The van der Waals surface area contributed by atoms with Gasteiger partial charge in [-0.3, -0.25) is 4.90 Å². The summed E-state index contributed by atoms with van der Waals surface area (Å²) in [6, 6.07) is 8.20. The van der Waals surface area contributed by atoms with Gasteiger partial charge in [-0.2, -0.15) is 0 Å². The maximum absolute atomic E-state index is 5.92. The van der Waals surface area contributed by atoms with E-state index in [4.69, 9.17) is 9.47 Å². The van der Waals surface area contributed by atoms with Crippen molar-refractivity contribution >= 4 is 11.0 Å². The van der Waals surface area contributed by atoms with Crippen LogP contribution in [-0.2, 0) is 22.6 Å². The lowest BCUT2D eigenvalue weighted by Crippen LogP contribution is -2.40. The van der Waals surface area contributed by atoms with Crippen LogP contribution in [0.2, 0.25) is 0 Å². The maximum Gasteiger partial charge on any atom is 0.181 e. The van der Waals surface area contributed by atoms with E-state index in [9.17, 15) is 0 Å². The summed E-state index contributed by atoms with van der Waals surface area (Å²) in [5, 5.41) is 12.0. The highest BCUT2D eigenvalue weighted by Gasteiger charge is 2.26. The molecule has 26 heavy (non-hydrogen) atoms. The number of imidazole rings is 1. The number of tetrazole rings is 1. The van der Waals surface area contributed by atoms with Gasteiger partial charge in [-0.05, 0) is 22.6 Å². The molecule has 2 aromatic heterocycles. The normalized spacial score (nSPS) is 18.6. The molecule has 1 unspecified atom stereocenters. The van der Waals surface area contributed by atoms with E-state index in [0.29, 0.717) is 19.8 Å². The van der Waals surface area contributed by atoms with Crippen LogP contribution < -0.4 is 0 Å². The third-order valence-corrected chi connectivity index (χ3v) is 4.69. The van der Waals surface area contributed by atoms with Gasteiger partial charge >= 0.3 is 0 Å².